The first kappa shape index (κ1) is 14.4. The standard InChI is InChI=1S/C12H25NO2/c1-4-6-11(7-5-2)12(15)13-8-10(3)9-14/h10-11,14H,4-9H2,1-3H3,(H,13,15). The van der Waals surface area contributed by atoms with E-state index in [0.717, 1.165) is 25.7 Å². The highest BCUT2D eigenvalue weighted by Crippen LogP contribution is 2.13. The quantitative estimate of drug-likeness (QED) is 0.650. The van der Waals surface area contributed by atoms with Crippen LogP contribution in [-0.2, 0) is 4.79 Å². The maximum atomic E-state index is 11.8. The maximum Gasteiger partial charge on any atom is 0.223 e. The van der Waals surface area contributed by atoms with Crippen molar-refractivity contribution in [3.8, 4) is 0 Å². The van der Waals surface area contributed by atoms with Crippen molar-refractivity contribution in [3.63, 3.8) is 0 Å². The lowest BCUT2D eigenvalue weighted by molar-refractivity contribution is -0.125. The molecule has 3 nitrogen and oxygen atoms in total. The highest BCUT2D eigenvalue weighted by atomic mass is 16.3. The molecule has 0 fully saturated rings. The number of aliphatic hydroxyl groups excluding tert-OH is 1. The normalized spacial score (nSPS) is 12.9. The summed E-state index contributed by atoms with van der Waals surface area (Å²) in [6, 6.07) is 0. The molecule has 0 aliphatic heterocycles. The van der Waals surface area contributed by atoms with Gasteiger partial charge in [-0.1, -0.05) is 33.6 Å². The van der Waals surface area contributed by atoms with Crippen LogP contribution in [0.3, 0.4) is 0 Å². The lowest BCUT2D eigenvalue weighted by Gasteiger charge is -2.16. The molecule has 0 saturated heterocycles. The molecule has 0 aliphatic carbocycles. The SMILES string of the molecule is CCCC(CCC)C(=O)NCC(C)CO. The molecule has 2 N–H and O–H groups in total. The van der Waals surface area contributed by atoms with Crippen molar-refractivity contribution < 1.29 is 9.90 Å². The number of aliphatic hydroxyl groups is 1. The Morgan fingerprint density at radius 3 is 2.20 bits per heavy atom. The molecule has 0 bridgehead atoms. The second-order valence-electron chi connectivity index (χ2n) is 4.31. The van der Waals surface area contributed by atoms with E-state index in [1.54, 1.807) is 0 Å². The lowest BCUT2D eigenvalue weighted by Crippen LogP contribution is -2.34. The van der Waals surface area contributed by atoms with Gasteiger partial charge in [0.1, 0.15) is 0 Å². The van der Waals surface area contributed by atoms with Gasteiger partial charge in [0, 0.05) is 19.1 Å². The number of carbonyl (C=O) groups excluding carboxylic acids is 1. The molecule has 0 radical (unpaired) electrons. The smallest absolute Gasteiger partial charge is 0.223 e. The van der Waals surface area contributed by atoms with E-state index in [2.05, 4.69) is 19.2 Å². The Bertz CT molecular complexity index is 165. The molecule has 1 atom stereocenters. The van der Waals surface area contributed by atoms with E-state index in [1.807, 2.05) is 6.92 Å². The number of carbonyl (C=O) groups is 1. The van der Waals surface area contributed by atoms with E-state index in [0.29, 0.717) is 6.54 Å². The van der Waals surface area contributed by atoms with Gasteiger partial charge in [0.05, 0.1) is 0 Å². The summed E-state index contributed by atoms with van der Waals surface area (Å²) < 4.78 is 0. The van der Waals surface area contributed by atoms with Crippen LogP contribution in [0.5, 0.6) is 0 Å². The van der Waals surface area contributed by atoms with Crippen LogP contribution in [0.1, 0.15) is 46.5 Å². The molecule has 1 amide bonds. The highest BCUT2D eigenvalue weighted by Gasteiger charge is 2.16. The van der Waals surface area contributed by atoms with Crippen LogP contribution < -0.4 is 5.32 Å². The van der Waals surface area contributed by atoms with Gasteiger partial charge < -0.3 is 10.4 Å². The topological polar surface area (TPSA) is 49.3 Å². The molecule has 1 unspecified atom stereocenters. The fourth-order valence-electron chi connectivity index (χ4n) is 1.59. The molecule has 0 saturated carbocycles. The maximum absolute atomic E-state index is 11.8. The fraction of sp³-hybridized carbons (Fsp3) is 0.917. The van der Waals surface area contributed by atoms with E-state index in [9.17, 15) is 4.79 Å². The molecule has 0 aromatic heterocycles. The molecule has 90 valence electrons. The third-order valence-corrected chi connectivity index (χ3v) is 2.58. The molecule has 0 aliphatic rings. The first-order valence-corrected chi connectivity index (χ1v) is 6.04. The summed E-state index contributed by atoms with van der Waals surface area (Å²) in [5, 5.41) is 11.7. The van der Waals surface area contributed by atoms with Gasteiger partial charge in [-0.2, -0.15) is 0 Å². The van der Waals surface area contributed by atoms with Crippen molar-refractivity contribution >= 4 is 5.91 Å². The summed E-state index contributed by atoms with van der Waals surface area (Å²) in [7, 11) is 0. The van der Waals surface area contributed by atoms with Crippen molar-refractivity contribution in [3.05, 3.63) is 0 Å². The first-order valence-electron chi connectivity index (χ1n) is 6.04. The van der Waals surface area contributed by atoms with Gasteiger partial charge >= 0.3 is 0 Å². The van der Waals surface area contributed by atoms with E-state index >= 15 is 0 Å². The van der Waals surface area contributed by atoms with Gasteiger partial charge in [0.25, 0.3) is 0 Å². The second kappa shape index (κ2) is 8.72. The van der Waals surface area contributed by atoms with Crippen LogP contribution >= 0.6 is 0 Å². The van der Waals surface area contributed by atoms with Crippen molar-refractivity contribution in [2.75, 3.05) is 13.2 Å². The Hall–Kier alpha value is -0.570. The molecule has 0 spiro atoms. The monoisotopic (exact) mass is 215 g/mol. The summed E-state index contributed by atoms with van der Waals surface area (Å²) in [6.07, 6.45) is 4.03. The highest BCUT2D eigenvalue weighted by molar-refractivity contribution is 5.78. The Labute approximate surface area is 93.3 Å². The zero-order chi connectivity index (χ0) is 11.7. The Morgan fingerprint density at radius 2 is 1.80 bits per heavy atom. The third-order valence-electron chi connectivity index (χ3n) is 2.58. The van der Waals surface area contributed by atoms with Crippen LogP contribution in [0.15, 0.2) is 0 Å². The molecule has 0 aromatic rings. The minimum absolute atomic E-state index is 0.131. The number of hydrogen-bond acceptors (Lipinski definition) is 2. The van der Waals surface area contributed by atoms with Gasteiger partial charge in [-0.15, -0.1) is 0 Å². The molecular weight excluding hydrogens is 190 g/mol. The summed E-state index contributed by atoms with van der Waals surface area (Å²) in [5.41, 5.74) is 0. The van der Waals surface area contributed by atoms with E-state index in [-0.39, 0.29) is 24.3 Å². The number of rotatable bonds is 8. The van der Waals surface area contributed by atoms with Gasteiger partial charge in [-0.05, 0) is 18.8 Å². The fourth-order valence-corrected chi connectivity index (χ4v) is 1.59. The van der Waals surface area contributed by atoms with Crippen LogP contribution in [0.2, 0.25) is 0 Å². The van der Waals surface area contributed by atoms with Crippen LogP contribution in [0.25, 0.3) is 0 Å². The molecule has 0 aromatic carbocycles. The largest absolute Gasteiger partial charge is 0.396 e. The molecule has 15 heavy (non-hydrogen) atoms. The third kappa shape index (κ3) is 6.50. The van der Waals surface area contributed by atoms with Crippen molar-refractivity contribution in [2.45, 2.75) is 46.5 Å². The minimum Gasteiger partial charge on any atom is -0.396 e. The van der Waals surface area contributed by atoms with E-state index in [1.165, 1.54) is 0 Å². The predicted octanol–water partition coefficient (Wildman–Crippen LogP) is 1.95. The van der Waals surface area contributed by atoms with Gasteiger partial charge in [0.2, 0.25) is 5.91 Å². The van der Waals surface area contributed by atoms with Crippen molar-refractivity contribution in [2.24, 2.45) is 11.8 Å². The van der Waals surface area contributed by atoms with Crippen molar-refractivity contribution in [1.29, 1.82) is 0 Å². The van der Waals surface area contributed by atoms with Gasteiger partial charge in [-0.3, -0.25) is 4.79 Å². The Balaban J connectivity index is 3.90. The second-order valence-corrected chi connectivity index (χ2v) is 4.31. The Kier molecular flexibility index (Phi) is 8.38. The molecule has 0 heterocycles. The average Bonchev–Trinajstić information content (AvgIpc) is 2.25. The number of amides is 1. The number of hydrogen-bond donors (Lipinski definition) is 2. The summed E-state index contributed by atoms with van der Waals surface area (Å²) in [6.45, 7) is 6.85. The van der Waals surface area contributed by atoms with Crippen LogP contribution in [0.4, 0.5) is 0 Å². The Morgan fingerprint density at radius 1 is 1.27 bits per heavy atom. The van der Waals surface area contributed by atoms with Gasteiger partial charge in [0.15, 0.2) is 0 Å². The van der Waals surface area contributed by atoms with E-state index in [4.69, 9.17) is 5.11 Å². The summed E-state index contributed by atoms with van der Waals surface area (Å²) >= 11 is 0. The van der Waals surface area contributed by atoms with Crippen LogP contribution in [0, 0.1) is 11.8 Å². The molecule has 0 rings (SSSR count). The summed E-state index contributed by atoms with van der Waals surface area (Å²) in [5.74, 6) is 0.461. The molecular formula is C12H25NO2. The first-order chi connectivity index (χ1) is 7.15. The summed E-state index contributed by atoms with van der Waals surface area (Å²) in [4.78, 5) is 11.8. The van der Waals surface area contributed by atoms with E-state index < -0.39 is 0 Å². The lowest BCUT2D eigenvalue weighted by atomic mass is 9.97. The van der Waals surface area contributed by atoms with Crippen molar-refractivity contribution in [1.82, 2.24) is 5.32 Å². The zero-order valence-electron chi connectivity index (χ0n) is 10.3. The van der Waals surface area contributed by atoms with Gasteiger partial charge in [-0.25, -0.2) is 0 Å². The predicted molar refractivity (Wildman–Crippen MR) is 62.6 cm³/mol. The molecule has 3 heteroatoms. The number of nitrogens with one attached hydrogen (secondary N) is 1. The average molecular weight is 215 g/mol. The minimum atomic E-state index is 0.131. The zero-order valence-corrected chi connectivity index (χ0v) is 10.3. The van der Waals surface area contributed by atoms with Crippen LogP contribution in [-0.4, -0.2) is 24.2 Å².